The van der Waals surface area contributed by atoms with Gasteiger partial charge in [-0.15, -0.1) is 5.10 Å². The van der Waals surface area contributed by atoms with E-state index in [2.05, 4.69) is 16.4 Å². The van der Waals surface area contributed by atoms with Crippen LogP contribution < -0.4 is 0 Å². The Hall–Kier alpha value is -1.71. The largest absolute Gasteiger partial charge is 0.244 e. The van der Waals surface area contributed by atoms with E-state index in [0.717, 1.165) is 11.3 Å². The topological polar surface area (TPSA) is 30.7 Å². The molecule has 0 aliphatic carbocycles. The standard InChI is InChI=1S/C11H12FN3/c1-8-3-4-11(9(2)5-8)15-7-10(6-12)13-14-15/h3-5,7H,6H2,1-2H3. The van der Waals surface area contributed by atoms with Gasteiger partial charge in [0.1, 0.15) is 12.4 Å². The average molecular weight is 205 g/mol. The van der Waals surface area contributed by atoms with Gasteiger partial charge in [-0.25, -0.2) is 9.07 Å². The Bertz CT molecular complexity index is 476. The lowest BCUT2D eigenvalue weighted by atomic mass is 10.1. The Morgan fingerprint density at radius 1 is 1.33 bits per heavy atom. The fraction of sp³-hybridized carbons (Fsp3) is 0.273. The Labute approximate surface area is 87.5 Å². The highest BCUT2D eigenvalue weighted by molar-refractivity contribution is 5.41. The van der Waals surface area contributed by atoms with E-state index in [9.17, 15) is 4.39 Å². The molecule has 0 aliphatic heterocycles. The summed E-state index contributed by atoms with van der Waals surface area (Å²) in [5.74, 6) is 0. The molecule has 0 radical (unpaired) electrons. The highest BCUT2D eigenvalue weighted by Gasteiger charge is 2.04. The van der Waals surface area contributed by atoms with Crippen molar-refractivity contribution in [3.63, 3.8) is 0 Å². The summed E-state index contributed by atoms with van der Waals surface area (Å²) in [5, 5.41) is 7.59. The zero-order valence-electron chi connectivity index (χ0n) is 8.74. The lowest BCUT2D eigenvalue weighted by molar-refractivity contribution is 0.475. The van der Waals surface area contributed by atoms with Gasteiger partial charge in [-0.1, -0.05) is 22.9 Å². The van der Waals surface area contributed by atoms with Crippen LogP contribution in [-0.2, 0) is 6.67 Å². The van der Waals surface area contributed by atoms with E-state index in [4.69, 9.17) is 0 Å². The Kier molecular flexibility index (Phi) is 2.49. The van der Waals surface area contributed by atoms with Crippen LogP contribution in [0.15, 0.2) is 24.4 Å². The zero-order chi connectivity index (χ0) is 10.8. The van der Waals surface area contributed by atoms with E-state index in [1.807, 2.05) is 26.0 Å². The minimum Gasteiger partial charge on any atom is -0.244 e. The molecule has 3 nitrogen and oxygen atoms in total. The highest BCUT2D eigenvalue weighted by atomic mass is 19.1. The summed E-state index contributed by atoms with van der Waals surface area (Å²) >= 11 is 0. The summed E-state index contributed by atoms with van der Waals surface area (Å²) in [6.07, 6.45) is 1.61. The SMILES string of the molecule is Cc1ccc(-n2cc(CF)nn2)c(C)c1. The number of aryl methyl sites for hydroxylation is 2. The molecular weight excluding hydrogens is 193 g/mol. The van der Waals surface area contributed by atoms with Gasteiger partial charge in [0.2, 0.25) is 0 Å². The molecule has 0 N–H and O–H groups in total. The number of hydrogen-bond acceptors (Lipinski definition) is 2. The van der Waals surface area contributed by atoms with E-state index in [1.165, 1.54) is 5.56 Å². The third-order valence-electron chi connectivity index (χ3n) is 2.28. The summed E-state index contributed by atoms with van der Waals surface area (Å²) in [5.41, 5.74) is 3.59. The molecule has 1 heterocycles. The minimum atomic E-state index is -0.578. The predicted molar refractivity (Wildman–Crippen MR) is 55.6 cm³/mol. The maximum atomic E-state index is 12.3. The number of aromatic nitrogens is 3. The first-order chi connectivity index (χ1) is 7.20. The van der Waals surface area contributed by atoms with Gasteiger partial charge in [0.25, 0.3) is 0 Å². The van der Waals surface area contributed by atoms with Crippen molar-refractivity contribution in [1.82, 2.24) is 15.0 Å². The van der Waals surface area contributed by atoms with Crippen molar-refractivity contribution in [2.24, 2.45) is 0 Å². The third kappa shape index (κ3) is 1.88. The second-order valence-corrected chi connectivity index (χ2v) is 3.58. The average Bonchev–Trinajstić information content (AvgIpc) is 2.66. The monoisotopic (exact) mass is 205 g/mol. The van der Waals surface area contributed by atoms with Crippen LogP contribution in [0.1, 0.15) is 16.8 Å². The van der Waals surface area contributed by atoms with Gasteiger partial charge >= 0.3 is 0 Å². The molecule has 2 aromatic rings. The van der Waals surface area contributed by atoms with Crippen LogP contribution in [0, 0.1) is 13.8 Å². The number of benzene rings is 1. The normalized spacial score (nSPS) is 10.6. The third-order valence-corrected chi connectivity index (χ3v) is 2.28. The number of nitrogens with zero attached hydrogens (tertiary/aromatic N) is 3. The maximum Gasteiger partial charge on any atom is 0.135 e. The molecule has 0 saturated heterocycles. The van der Waals surface area contributed by atoms with Crippen LogP contribution in [0.25, 0.3) is 5.69 Å². The number of alkyl halides is 1. The van der Waals surface area contributed by atoms with Crippen LogP contribution in [-0.4, -0.2) is 15.0 Å². The Balaban J connectivity index is 2.44. The van der Waals surface area contributed by atoms with Gasteiger partial charge < -0.3 is 0 Å². The highest BCUT2D eigenvalue weighted by Crippen LogP contribution is 2.14. The van der Waals surface area contributed by atoms with Crippen molar-refractivity contribution >= 4 is 0 Å². The molecule has 0 atom stereocenters. The summed E-state index contributed by atoms with van der Waals surface area (Å²) in [4.78, 5) is 0. The maximum absolute atomic E-state index is 12.3. The fourth-order valence-corrected chi connectivity index (χ4v) is 1.54. The molecule has 0 saturated carbocycles. The summed E-state index contributed by atoms with van der Waals surface area (Å²) in [6, 6.07) is 6.02. The van der Waals surface area contributed by atoms with Gasteiger partial charge in [0, 0.05) is 0 Å². The van der Waals surface area contributed by atoms with E-state index >= 15 is 0 Å². The first kappa shape index (κ1) is 9.83. The summed E-state index contributed by atoms with van der Waals surface area (Å²) in [6.45, 7) is 3.45. The van der Waals surface area contributed by atoms with E-state index < -0.39 is 6.67 Å². The molecule has 0 amide bonds. The number of halogens is 1. The molecule has 78 valence electrons. The fourth-order valence-electron chi connectivity index (χ4n) is 1.54. The molecule has 0 unspecified atom stereocenters. The molecule has 1 aromatic heterocycles. The molecule has 15 heavy (non-hydrogen) atoms. The molecule has 2 rings (SSSR count). The smallest absolute Gasteiger partial charge is 0.135 e. The van der Waals surface area contributed by atoms with E-state index in [0.29, 0.717) is 5.69 Å². The van der Waals surface area contributed by atoms with Crippen molar-refractivity contribution < 1.29 is 4.39 Å². The lowest BCUT2D eigenvalue weighted by Crippen LogP contribution is -1.97. The Morgan fingerprint density at radius 2 is 2.13 bits per heavy atom. The minimum absolute atomic E-state index is 0.356. The lowest BCUT2D eigenvalue weighted by Gasteiger charge is -2.05. The molecule has 0 fully saturated rings. The van der Waals surface area contributed by atoms with Crippen molar-refractivity contribution in [2.75, 3.05) is 0 Å². The van der Waals surface area contributed by atoms with Crippen LogP contribution in [0.5, 0.6) is 0 Å². The molecule has 0 aliphatic rings. The van der Waals surface area contributed by atoms with Gasteiger partial charge in [-0.05, 0) is 25.5 Å². The molecule has 0 spiro atoms. The van der Waals surface area contributed by atoms with Crippen molar-refractivity contribution in [1.29, 1.82) is 0 Å². The summed E-state index contributed by atoms with van der Waals surface area (Å²) < 4.78 is 13.9. The zero-order valence-corrected chi connectivity index (χ0v) is 8.74. The van der Waals surface area contributed by atoms with E-state index in [-0.39, 0.29) is 0 Å². The molecule has 0 bridgehead atoms. The van der Waals surface area contributed by atoms with Crippen LogP contribution in [0.2, 0.25) is 0 Å². The first-order valence-corrected chi connectivity index (χ1v) is 4.75. The van der Waals surface area contributed by atoms with Gasteiger partial charge in [-0.3, -0.25) is 0 Å². The number of rotatable bonds is 2. The van der Waals surface area contributed by atoms with Crippen LogP contribution >= 0.6 is 0 Å². The van der Waals surface area contributed by atoms with Gasteiger partial charge in [0.05, 0.1) is 11.9 Å². The number of hydrogen-bond donors (Lipinski definition) is 0. The quantitative estimate of drug-likeness (QED) is 0.753. The second-order valence-electron chi connectivity index (χ2n) is 3.58. The van der Waals surface area contributed by atoms with Crippen molar-refractivity contribution in [2.45, 2.75) is 20.5 Å². The Morgan fingerprint density at radius 3 is 2.73 bits per heavy atom. The van der Waals surface area contributed by atoms with Crippen LogP contribution in [0.3, 0.4) is 0 Å². The van der Waals surface area contributed by atoms with E-state index in [1.54, 1.807) is 10.9 Å². The second kappa shape index (κ2) is 3.81. The molecular formula is C11H12FN3. The first-order valence-electron chi connectivity index (χ1n) is 4.75. The van der Waals surface area contributed by atoms with Crippen molar-refractivity contribution in [3.8, 4) is 5.69 Å². The van der Waals surface area contributed by atoms with Gasteiger partial charge in [0.15, 0.2) is 0 Å². The predicted octanol–water partition coefficient (Wildman–Crippen LogP) is 2.35. The van der Waals surface area contributed by atoms with Gasteiger partial charge in [-0.2, -0.15) is 0 Å². The molecule has 4 heteroatoms. The molecule has 1 aromatic carbocycles. The van der Waals surface area contributed by atoms with Crippen LogP contribution in [0.4, 0.5) is 4.39 Å². The van der Waals surface area contributed by atoms with Crippen molar-refractivity contribution in [3.05, 3.63) is 41.2 Å². The summed E-state index contributed by atoms with van der Waals surface area (Å²) in [7, 11) is 0.